The number of esters is 1. The average Bonchev–Trinajstić information content (AvgIpc) is 3.36. The molecule has 212 valence electrons. The monoisotopic (exact) mass is 534 g/mol. The molecule has 1 unspecified atom stereocenters. The lowest BCUT2D eigenvalue weighted by Gasteiger charge is -2.10. The molecule has 6 nitrogen and oxygen atoms in total. The second-order valence-corrected chi connectivity index (χ2v) is 10.4. The number of phenolic OH excluding ortho intramolecular Hbond substituents is 1. The Hall–Kier alpha value is -3.28. The Morgan fingerprint density at radius 2 is 1.59 bits per heavy atom. The van der Waals surface area contributed by atoms with Gasteiger partial charge in [-0.15, -0.1) is 0 Å². The van der Waals surface area contributed by atoms with Crippen LogP contribution < -0.4 is 4.74 Å². The fraction of sp³-hybridized carbons (Fsp3) is 0.515. The summed E-state index contributed by atoms with van der Waals surface area (Å²) in [6.07, 6.45) is 17.6. The highest BCUT2D eigenvalue weighted by Gasteiger charge is 2.19. The number of hydrogen-bond acceptors (Lipinski definition) is 5. The minimum absolute atomic E-state index is 0.0696. The van der Waals surface area contributed by atoms with E-state index in [1.165, 1.54) is 84.0 Å². The van der Waals surface area contributed by atoms with Gasteiger partial charge in [-0.1, -0.05) is 95.8 Å². The Morgan fingerprint density at radius 1 is 0.923 bits per heavy atom. The first-order valence-electron chi connectivity index (χ1n) is 14.7. The molecule has 0 saturated heterocycles. The minimum atomic E-state index is -0.718. The fourth-order valence-corrected chi connectivity index (χ4v) is 4.81. The van der Waals surface area contributed by atoms with Crippen molar-refractivity contribution >= 4 is 23.1 Å². The first-order chi connectivity index (χ1) is 19.1. The number of H-pyrrole nitrogens is 1. The molecule has 0 saturated carbocycles. The van der Waals surface area contributed by atoms with Crippen LogP contribution in [0.1, 0.15) is 95.2 Å². The highest BCUT2D eigenvalue weighted by Crippen LogP contribution is 2.23. The van der Waals surface area contributed by atoms with Crippen LogP contribution in [0.15, 0.2) is 53.5 Å². The quantitative estimate of drug-likeness (QED) is 0.0923. The number of nitrogens with zero attached hydrogens (tertiary/aromatic N) is 1. The number of aromatic hydroxyl groups is 1. The van der Waals surface area contributed by atoms with Gasteiger partial charge in [-0.25, -0.2) is 4.79 Å². The number of para-hydroxylation sites is 1. The molecule has 1 aromatic heterocycles. The largest absolute Gasteiger partial charge is 0.507 e. The molecule has 0 spiro atoms. The van der Waals surface area contributed by atoms with Crippen LogP contribution >= 0.6 is 0 Å². The predicted molar refractivity (Wildman–Crippen MR) is 160 cm³/mol. The summed E-state index contributed by atoms with van der Waals surface area (Å²) in [5.41, 5.74) is 2.43. The van der Waals surface area contributed by atoms with Crippen LogP contribution in [0.2, 0.25) is 0 Å². The maximum Gasteiger partial charge on any atom is 0.330 e. The van der Waals surface area contributed by atoms with Crippen molar-refractivity contribution in [3.63, 3.8) is 0 Å². The maximum absolute atomic E-state index is 12.4. The second-order valence-electron chi connectivity index (χ2n) is 10.4. The molecule has 3 aromatic rings. The van der Waals surface area contributed by atoms with Crippen molar-refractivity contribution in [3.8, 4) is 11.5 Å². The molecule has 1 atom stereocenters. The summed E-state index contributed by atoms with van der Waals surface area (Å²) >= 11 is 0. The number of ether oxygens (including phenoxy) is 2. The van der Waals surface area contributed by atoms with Crippen molar-refractivity contribution < 1.29 is 19.4 Å². The zero-order chi connectivity index (χ0) is 27.7. The molecular formula is C33H46N2O4. The Kier molecular flexibility index (Phi) is 13.5. The van der Waals surface area contributed by atoms with Gasteiger partial charge in [-0.3, -0.25) is 4.99 Å². The fourth-order valence-electron chi connectivity index (χ4n) is 4.81. The summed E-state index contributed by atoms with van der Waals surface area (Å²) in [7, 11) is 1.36. The smallest absolute Gasteiger partial charge is 0.330 e. The Labute approximate surface area is 233 Å². The van der Waals surface area contributed by atoms with Gasteiger partial charge in [0.05, 0.1) is 13.7 Å². The molecule has 2 N–H and O–H groups in total. The lowest BCUT2D eigenvalue weighted by Crippen LogP contribution is -2.23. The summed E-state index contributed by atoms with van der Waals surface area (Å²) in [5.74, 6) is 0.280. The highest BCUT2D eigenvalue weighted by atomic mass is 16.5. The number of nitrogens with one attached hydrogen (secondary N) is 1. The van der Waals surface area contributed by atoms with E-state index in [4.69, 9.17) is 9.47 Å². The number of unbranched alkanes of at least 4 members (excludes halogenated alkanes) is 11. The number of rotatable bonds is 19. The van der Waals surface area contributed by atoms with Gasteiger partial charge in [-0.05, 0) is 36.1 Å². The Bertz CT molecular complexity index is 1120. The van der Waals surface area contributed by atoms with Gasteiger partial charge in [0.15, 0.2) is 6.04 Å². The van der Waals surface area contributed by atoms with Crippen LogP contribution in [0.5, 0.6) is 11.5 Å². The van der Waals surface area contributed by atoms with E-state index in [2.05, 4.69) is 16.9 Å². The summed E-state index contributed by atoms with van der Waals surface area (Å²) in [6.45, 7) is 2.90. The van der Waals surface area contributed by atoms with E-state index in [0.717, 1.165) is 23.0 Å². The third kappa shape index (κ3) is 10.8. The molecule has 0 aliphatic carbocycles. The van der Waals surface area contributed by atoms with Crippen molar-refractivity contribution in [1.29, 1.82) is 0 Å². The summed E-state index contributed by atoms with van der Waals surface area (Å²) < 4.78 is 10.8. The molecule has 1 heterocycles. The van der Waals surface area contributed by atoms with Crippen LogP contribution in [-0.2, 0) is 16.0 Å². The number of carbonyl (C=O) groups is 1. The standard InChI is InChI=1S/C33H46N2O4/c1-3-4-5-6-7-8-9-10-11-12-13-16-21-39-29-20-19-27(32(36)24-29)25-34-31(33(37)38-2)23-28-22-26-17-14-15-18-30(26)35-28/h14-15,17-20,22,24-25,31,35-36H,3-13,16,21,23H2,1-2H3. The molecular weight excluding hydrogens is 488 g/mol. The van der Waals surface area contributed by atoms with Crippen LogP contribution in [-0.4, -0.2) is 42.0 Å². The number of hydrogen-bond donors (Lipinski definition) is 2. The van der Waals surface area contributed by atoms with E-state index in [1.54, 1.807) is 12.1 Å². The van der Waals surface area contributed by atoms with E-state index in [9.17, 15) is 9.90 Å². The molecule has 0 amide bonds. The number of benzene rings is 2. The van der Waals surface area contributed by atoms with Crippen LogP contribution in [0, 0.1) is 0 Å². The Morgan fingerprint density at radius 3 is 2.23 bits per heavy atom. The summed E-state index contributed by atoms with van der Waals surface area (Å²) in [5, 5.41) is 11.6. The van der Waals surface area contributed by atoms with Gasteiger partial charge >= 0.3 is 5.97 Å². The van der Waals surface area contributed by atoms with Gasteiger partial charge in [0.1, 0.15) is 11.5 Å². The SMILES string of the molecule is CCCCCCCCCCCCCCOc1ccc(C=NC(Cc2cc3ccccc3[nH]2)C(=O)OC)c(O)c1. The number of fused-ring (bicyclic) bond motifs is 1. The van der Waals surface area contributed by atoms with Gasteiger partial charge in [-0.2, -0.15) is 0 Å². The number of aromatic amines is 1. The number of carbonyl (C=O) groups excluding carboxylic acids is 1. The highest BCUT2D eigenvalue weighted by molar-refractivity contribution is 5.87. The second kappa shape index (κ2) is 17.3. The van der Waals surface area contributed by atoms with Gasteiger partial charge in [0.2, 0.25) is 0 Å². The molecule has 39 heavy (non-hydrogen) atoms. The summed E-state index contributed by atoms with van der Waals surface area (Å²) in [4.78, 5) is 20.1. The van der Waals surface area contributed by atoms with Crippen LogP contribution in [0.4, 0.5) is 0 Å². The molecule has 6 heteroatoms. The Balaban J connectivity index is 1.38. The van der Waals surface area contributed by atoms with E-state index in [1.807, 2.05) is 36.4 Å². The van der Waals surface area contributed by atoms with E-state index >= 15 is 0 Å². The zero-order valence-corrected chi connectivity index (χ0v) is 23.8. The molecule has 3 rings (SSSR count). The normalized spacial score (nSPS) is 12.3. The van der Waals surface area contributed by atoms with Gasteiger partial charge in [0.25, 0.3) is 0 Å². The number of methoxy groups -OCH3 is 1. The van der Waals surface area contributed by atoms with Crippen molar-refractivity contribution in [2.45, 2.75) is 96.4 Å². The van der Waals surface area contributed by atoms with E-state index in [0.29, 0.717) is 24.3 Å². The maximum atomic E-state index is 12.4. The van der Waals surface area contributed by atoms with Gasteiger partial charge < -0.3 is 19.6 Å². The van der Waals surface area contributed by atoms with Crippen molar-refractivity contribution in [3.05, 3.63) is 59.8 Å². The van der Waals surface area contributed by atoms with Crippen molar-refractivity contribution in [2.75, 3.05) is 13.7 Å². The lowest BCUT2D eigenvalue weighted by atomic mass is 10.1. The predicted octanol–water partition coefficient (Wildman–Crippen LogP) is 8.16. The minimum Gasteiger partial charge on any atom is -0.507 e. The molecule has 0 aliphatic rings. The van der Waals surface area contributed by atoms with Crippen LogP contribution in [0.3, 0.4) is 0 Å². The average molecular weight is 535 g/mol. The third-order valence-corrected chi connectivity index (χ3v) is 7.13. The van der Waals surface area contributed by atoms with E-state index in [-0.39, 0.29) is 5.75 Å². The van der Waals surface area contributed by atoms with Crippen molar-refractivity contribution in [1.82, 2.24) is 4.98 Å². The topological polar surface area (TPSA) is 83.9 Å². The lowest BCUT2D eigenvalue weighted by molar-refractivity contribution is -0.142. The zero-order valence-electron chi connectivity index (χ0n) is 23.8. The van der Waals surface area contributed by atoms with Gasteiger partial charge in [0, 0.05) is 35.5 Å². The molecule has 0 aliphatic heterocycles. The molecule has 0 bridgehead atoms. The molecule has 2 aromatic carbocycles. The molecule has 0 radical (unpaired) electrons. The first-order valence-corrected chi connectivity index (χ1v) is 14.7. The van der Waals surface area contributed by atoms with E-state index < -0.39 is 12.0 Å². The first kappa shape index (κ1) is 30.3. The number of aliphatic imine (C=N–C) groups is 1. The summed E-state index contributed by atoms with van der Waals surface area (Å²) in [6, 6.07) is 14.4. The number of phenols is 1. The molecule has 0 fully saturated rings. The van der Waals surface area contributed by atoms with Crippen molar-refractivity contribution in [2.24, 2.45) is 4.99 Å². The number of aromatic nitrogens is 1. The third-order valence-electron chi connectivity index (χ3n) is 7.13. The van der Waals surface area contributed by atoms with Crippen LogP contribution in [0.25, 0.3) is 10.9 Å².